The molecule has 3 nitrogen and oxygen atoms in total. The van der Waals surface area contributed by atoms with Crippen molar-refractivity contribution in [3.63, 3.8) is 0 Å². The Morgan fingerprint density at radius 1 is 1.38 bits per heavy atom. The van der Waals surface area contributed by atoms with Crippen molar-refractivity contribution in [3.8, 4) is 0 Å². The summed E-state index contributed by atoms with van der Waals surface area (Å²) in [5, 5.41) is 3.26. The highest BCUT2D eigenvalue weighted by molar-refractivity contribution is 5.29. The fourth-order valence-electron chi connectivity index (χ4n) is 0.845. The molecule has 13 heavy (non-hydrogen) atoms. The van der Waals surface area contributed by atoms with Crippen molar-refractivity contribution in [1.29, 1.82) is 0 Å². The number of anilines is 1. The molecule has 0 saturated carbocycles. The lowest BCUT2D eigenvalue weighted by molar-refractivity contribution is 0.376. The van der Waals surface area contributed by atoms with Gasteiger partial charge in [-0.3, -0.25) is 4.98 Å². The van der Waals surface area contributed by atoms with E-state index in [-0.39, 0.29) is 0 Å². The first-order chi connectivity index (χ1) is 6.14. The van der Waals surface area contributed by atoms with Crippen LogP contribution in [0.5, 0.6) is 0 Å². The van der Waals surface area contributed by atoms with Crippen LogP contribution in [0, 0.1) is 5.41 Å². The largest absolute Gasteiger partial charge is 0.368 e. The molecule has 0 unspecified atom stereocenters. The van der Waals surface area contributed by atoms with Crippen molar-refractivity contribution in [1.82, 2.24) is 9.97 Å². The van der Waals surface area contributed by atoms with E-state index in [0.717, 1.165) is 18.8 Å². The Bertz CT molecular complexity index is 244. The van der Waals surface area contributed by atoms with Crippen LogP contribution in [-0.4, -0.2) is 16.5 Å². The third kappa shape index (κ3) is 3.40. The quantitative estimate of drug-likeness (QED) is 0.770. The summed E-state index contributed by atoms with van der Waals surface area (Å²) in [6, 6.07) is 0. The Kier molecular flexibility index (Phi) is 3.23. The van der Waals surface area contributed by atoms with E-state index >= 15 is 0 Å². The van der Waals surface area contributed by atoms with Gasteiger partial charge in [0.1, 0.15) is 5.82 Å². The lowest BCUT2D eigenvalue weighted by atomic mass is 9.90. The van der Waals surface area contributed by atoms with E-state index in [1.54, 1.807) is 18.6 Å². The molecule has 0 aliphatic rings. The molecule has 1 heterocycles. The SMILES string of the molecule is CCC(C)(C)CNc1cnccn1. The lowest BCUT2D eigenvalue weighted by Crippen LogP contribution is -2.22. The van der Waals surface area contributed by atoms with Crippen molar-refractivity contribution < 1.29 is 0 Å². The predicted molar refractivity (Wildman–Crippen MR) is 54.6 cm³/mol. The average molecular weight is 179 g/mol. The van der Waals surface area contributed by atoms with Gasteiger partial charge in [0.25, 0.3) is 0 Å². The number of nitrogens with zero attached hydrogens (tertiary/aromatic N) is 2. The Hall–Kier alpha value is -1.12. The smallest absolute Gasteiger partial charge is 0.144 e. The predicted octanol–water partition coefficient (Wildman–Crippen LogP) is 2.32. The maximum Gasteiger partial charge on any atom is 0.144 e. The summed E-state index contributed by atoms with van der Waals surface area (Å²) in [4.78, 5) is 8.13. The summed E-state index contributed by atoms with van der Waals surface area (Å²) >= 11 is 0. The van der Waals surface area contributed by atoms with Crippen molar-refractivity contribution in [3.05, 3.63) is 18.6 Å². The summed E-state index contributed by atoms with van der Waals surface area (Å²) in [5.74, 6) is 0.851. The van der Waals surface area contributed by atoms with Gasteiger partial charge in [0.15, 0.2) is 0 Å². The topological polar surface area (TPSA) is 37.8 Å². The molecule has 1 N–H and O–H groups in total. The zero-order chi connectivity index (χ0) is 9.73. The molecule has 1 rings (SSSR count). The van der Waals surface area contributed by atoms with Gasteiger partial charge < -0.3 is 5.32 Å². The van der Waals surface area contributed by atoms with E-state index in [9.17, 15) is 0 Å². The van der Waals surface area contributed by atoms with Gasteiger partial charge >= 0.3 is 0 Å². The van der Waals surface area contributed by atoms with Gasteiger partial charge in [-0.05, 0) is 11.8 Å². The molecule has 1 aromatic rings. The highest BCUT2D eigenvalue weighted by atomic mass is 15.0. The van der Waals surface area contributed by atoms with Gasteiger partial charge in [-0.1, -0.05) is 20.8 Å². The maximum atomic E-state index is 4.14. The van der Waals surface area contributed by atoms with Gasteiger partial charge in [-0.25, -0.2) is 4.98 Å². The Balaban J connectivity index is 2.44. The molecule has 0 atom stereocenters. The van der Waals surface area contributed by atoms with E-state index in [0.29, 0.717) is 5.41 Å². The summed E-state index contributed by atoms with van der Waals surface area (Å²) in [7, 11) is 0. The zero-order valence-electron chi connectivity index (χ0n) is 8.54. The van der Waals surface area contributed by atoms with Gasteiger partial charge in [-0.2, -0.15) is 0 Å². The summed E-state index contributed by atoms with van der Waals surface area (Å²) in [6.07, 6.45) is 6.27. The van der Waals surface area contributed by atoms with E-state index in [1.165, 1.54) is 0 Å². The van der Waals surface area contributed by atoms with E-state index < -0.39 is 0 Å². The Morgan fingerprint density at radius 2 is 2.15 bits per heavy atom. The molecule has 0 saturated heterocycles. The van der Waals surface area contributed by atoms with Gasteiger partial charge in [0.05, 0.1) is 6.20 Å². The third-order valence-electron chi connectivity index (χ3n) is 2.27. The molecule has 0 radical (unpaired) electrons. The molecule has 0 fully saturated rings. The van der Waals surface area contributed by atoms with Crippen LogP contribution in [-0.2, 0) is 0 Å². The van der Waals surface area contributed by atoms with Crippen LogP contribution in [0.2, 0.25) is 0 Å². The molecule has 1 aromatic heterocycles. The molecule has 0 amide bonds. The minimum Gasteiger partial charge on any atom is -0.368 e. The number of hydrogen-bond donors (Lipinski definition) is 1. The molecule has 0 aliphatic heterocycles. The molecular weight excluding hydrogens is 162 g/mol. The number of hydrogen-bond acceptors (Lipinski definition) is 3. The second-order valence-corrected chi connectivity index (χ2v) is 3.96. The van der Waals surface area contributed by atoms with Crippen LogP contribution in [0.1, 0.15) is 27.2 Å². The summed E-state index contributed by atoms with van der Waals surface area (Å²) in [5.41, 5.74) is 0.317. The van der Waals surface area contributed by atoms with Gasteiger partial charge in [-0.15, -0.1) is 0 Å². The van der Waals surface area contributed by atoms with E-state index in [2.05, 4.69) is 36.1 Å². The van der Waals surface area contributed by atoms with Crippen molar-refractivity contribution in [2.75, 3.05) is 11.9 Å². The van der Waals surface area contributed by atoms with Crippen molar-refractivity contribution >= 4 is 5.82 Å². The molecule has 0 spiro atoms. The fourth-order valence-corrected chi connectivity index (χ4v) is 0.845. The first-order valence-corrected chi connectivity index (χ1v) is 4.64. The number of rotatable bonds is 4. The first-order valence-electron chi connectivity index (χ1n) is 4.64. The number of nitrogens with one attached hydrogen (secondary N) is 1. The minimum atomic E-state index is 0.317. The summed E-state index contributed by atoms with van der Waals surface area (Å²) in [6.45, 7) is 7.59. The van der Waals surface area contributed by atoms with Crippen LogP contribution in [0.25, 0.3) is 0 Å². The highest BCUT2D eigenvalue weighted by Crippen LogP contribution is 2.19. The van der Waals surface area contributed by atoms with E-state index in [4.69, 9.17) is 0 Å². The Morgan fingerprint density at radius 3 is 2.69 bits per heavy atom. The fraction of sp³-hybridized carbons (Fsp3) is 0.600. The van der Waals surface area contributed by atoms with Crippen LogP contribution in [0.3, 0.4) is 0 Å². The standard InChI is InChI=1S/C10H17N3/c1-4-10(2,3)8-13-9-7-11-5-6-12-9/h5-7H,4,8H2,1-3H3,(H,12,13). The van der Waals surface area contributed by atoms with Crippen LogP contribution in [0.4, 0.5) is 5.82 Å². The second kappa shape index (κ2) is 4.21. The Labute approximate surface area is 79.6 Å². The average Bonchev–Trinajstić information content (AvgIpc) is 2.17. The first kappa shape index (κ1) is 9.96. The second-order valence-electron chi connectivity index (χ2n) is 3.96. The van der Waals surface area contributed by atoms with Crippen LogP contribution in [0.15, 0.2) is 18.6 Å². The van der Waals surface area contributed by atoms with Crippen LogP contribution < -0.4 is 5.32 Å². The molecular formula is C10H17N3. The molecule has 72 valence electrons. The van der Waals surface area contributed by atoms with Crippen molar-refractivity contribution in [2.45, 2.75) is 27.2 Å². The maximum absolute atomic E-state index is 4.14. The highest BCUT2D eigenvalue weighted by Gasteiger charge is 2.14. The summed E-state index contributed by atoms with van der Waals surface area (Å²) < 4.78 is 0. The number of aromatic nitrogens is 2. The lowest BCUT2D eigenvalue weighted by Gasteiger charge is -2.22. The molecule has 0 aliphatic carbocycles. The molecule has 3 heteroatoms. The normalized spacial score (nSPS) is 11.3. The van der Waals surface area contributed by atoms with E-state index in [1.807, 2.05) is 0 Å². The van der Waals surface area contributed by atoms with Crippen LogP contribution >= 0.6 is 0 Å². The monoisotopic (exact) mass is 179 g/mol. The van der Waals surface area contributed by atoms with Gasteiger partial charge in [0, 0.05) is 18.9 Å². The molecule has 0 bridgehead atoms. The zero-order valence-corrected chi connectivity index (χ0v) is 8.54. The van der Waals surface area contributed by atoms with Gasteiger partial charge in [0.2, 0.25) is 0 Å². The molecule has 0 aromatic carbocycles. The third-order valence-corrected chi connectivity index (χ3v) is 2.27. The minimum absolute atomic E-state index is 0.317. The van der Waals surface area contributed by atoms with Crippen molar-refractivity contribution in [2.24, 2.45) is 5.41 Å².